The number of hydrogen-bond donors (Lipinski definition) is 0. The molecule has 0 atom stereocenters. The Kier molecular flexibility index (Phi) is 7.69. The number of esters is 1. The van der Waals surface area contributed by atoms with E-state index in [0.29, 0.717) is 37.6 Å². The van der Waals surface area contributed by atoms with Crippen LogP contribution in [0.1, 0.15) is 22.3 Å². The summed E-state index contributed by atoms with van der Waals surface area (Å²) in [5.41, 5.74) is 6.49. The molecule has 0 unspecified atom stereocenters. The Morgan fingerprint density at radius 2 is 1.46 bits per heavy atom. The molecule has 4 rings (SSSR count). The van der Waals surface area contributed by atoms with Gasteiger partial charge in [0.25, 0.3) is 0 Å². The molecule has 0 amide bonds. The van der Waals surface area contributed by atoms with Crippen molar-refractivity contribution in [1.82, 2.24) is 9.21 Å². The normalized spacial score (nSPS) is 15.2. The summed E-state index contributed by atoms with van der Waals surface area (Å²) in [6.07, 6.45) is 0.222. The van der Waals surface area contributed by atoms with Crippen LogP contribution in [0.5, 0.6) is 0 Å². The fourth-order valence-corrected chi connectivity index (χ4v) is 5.79. The topological polar surface area (TPSA) is 66.9 Å². The van der Waals surface area contributed by atoms with E-state index in [2.05, 4.69) is 48.2 Å². The molecular formula is C28H32N2O4S. The molecule has 0 aromatic heterocycles. The third-order valence-corrected chi connectivity index (χ3v) is 8.41. The zero-order chi connectivity index (χ0) is 25.0. The van der Waals surface area contributed by atoms with Gasteiger partial charge in [0.2, 0.25) is 10.0 Å². The number of piperazine rings is 1. The summed E-state index contributed by atoms with van der Waals surface area (Å²) in [6.45, 7) is 6.85. The minimum atomic E-state index is -3.50. The highest BCUT2D eigenvalue weighted by Gasteiger charge is 2.28. The minimum absolute atomic E-state index is 0.222. The van der Waals surface area contributed by atoms with Crippen molar-refractivity contribution in [2.75, 3.05) is 33.3 Å². The van der Waals surface area contributed by atoms with Gasteiger partial charge in [0.05, 0.1) is 18.4 Å². The van der Waals surface area contributed by atoms with Crippen LogP contribution in [0.15, 0.2) is 71.6 Å². The lowest BCUT2D eigenvalue weighted by Crippen LogP contribution is -2.48. The Labute approximate surface area is 208 Å². The van der Waals surface area contributed by atoms with E-state index in [4.69, 9.17) is 4.74 Å². The van der Waals surface area contributed by atoms with Gasteiger partial charge in [0, 0.05) is 32.7 Å². The van der Waals surface area contributed by atoms with Gasteiger partial charge in [-0.15, -0.1) is 0 Å². The monoisotopic (exact) mass is 492 g/mol. The first-order chi connectivity index (χ1) is 16.8. The highest BCUT2D eigenvalue weighted by atomic mass is 32.2. The number of sulfonamides is 1. The van der Waals surface area contributed by atoms with Crippen molar-refractivity contribution < 1.29 is 17.9 Å². The second kappa shape index (κ2) is 10.7. The molecule has 1 fully saturated rings. The van der Waals surface area contributed by atoms with Gasteiger partial charge in [0.1, 0.15) is 0 Å². The van der Waals surface area contributed by atoms with Crippen molar-refractivity contribution in [3.63, 3.8) is 0 Å². The lowest BCUT2D eigenvalue weighted by atomic mass is 9.95. The molecule has 3 aromatic carbocycles. The number of nitrogens with zero attached hydrogens (tertiary/aromatic N) is 2. The van der Waals surface area contributed by atoms with Gasteiger partial charge in [-0.1, -0.05) is 65.7 Å². The van der Waals surface area contributed by atoms with Crippen LogP contribution >= 0.6 is 0 Å². The molecule has 0 radical (unpaired) electrons. The molecule has 0 N–H and O–H groups in total. The minimum Gasteiger partial charge on any atom is -0.469 e. The van der Waals surface area contributed by atoms with E-state index in [1.54, 1.807) is 16.4 Å². The molecular weight excluding hydrogens is 460 g/mol. The standard InChI is InChI=1S/C28H32N2O4S/c1-21-4-9-24(10-5-21)27-13-8-23(19-28(31)34-3)18-25(27)20-29-14-16-30(17-15-29)35(32,33)26-11-6-22(2)7-12-26/h4-13,18H,14-17,19-20H2,1-3H3. The number of aryl methyl sites for hydroxylation is 2. The maximum atomic E-state index is 13.1. The summed E-state index contributed by atoms with van der Waals surface area (Å²) in [5.74, 6) is -0.269. The van der Waals surface area contributed by atoms with E-state index in [1.807, 2.05) is 25.1 Å². The molecule has 1 aliphatic rings. The number of carbonyl (C=O) groups excluding carboxylic acids is 1. The summed E-state index contributed by atoms with van der Waals surface area (Å²) < 4.78 is 32.6. The van der Waals surface area contributed by atoms with E-state index in [-0.39, 0.29) is 12.4 Å². The summed E-state index contributed by atoms with van der Waals surface area (Å²) in [6, 6.07) is 21.5. The average molecular weight is 493 g/mol. The zero-order valence-electron chi connectivity index (χ0n) is 20.5. The second-order valence-corrected chi connectivity index (χ2v) is 11.0. The van der Waals surface area contributed by atoms with Crippen molar-refractivity contribution in [2.24, 2.45) is 0 Å². The maximum Gasteiger partial charge on any atom is 0.309 e. The lowest BCUT2D eigenvalue weighted by molar-refractivity contribution is -0.139. The molecule has 184 valence electrons. The molecule has 3 aromatic rings. The van der Waals surface area contributed by atoms with Gasteiger partial charge in [-0.2, -0.15) is 4.31 Å². The van der Waals surface area contributed by atoms with Crippen molar-refractivity contribution in [1.29, 1.82) is 0 Å². The highest BCUT2D eigenvalue weighted by molar-refractivity contribution is 7.89. The number of carbonyl (C=O) groups is 1. The molecule has 1 heterocycles. The van der Waals surface area contributed by atoms with Gasteiger partial charge < -0.3 is 4.74 Å². The van der Waals surface area contributed by atoms with Gasteiger partial charge in [-0.05, 0) is 48.2 Å². The lowest BCUT2D eigenvalue weighted by Gasteiger charge is -2.34. The van der Waals surface area contributed by atoms with Crippen LogP contribution in [-0.4, -0.2) is 56.9 Å². The third kappa shape index (κ3) is 5.99. The summed E-state index contributed by atoms with van der Waals surface area (Å²) in [5, 5.41) is 0. The first-order valence-corrected chi connectivity index (χ1v) is 13.2. The molecule has 35 heavy (non-hydrogen) atoms. The Balaban J connectivity index is 1.52. The zero-order valence-corrected chi connectivity index (χ0v) is 21.3. The van der Waals surface area contributed by atoms with E-state index in [1.165, 1.54) is 12.7 Å². The molecule has 6 nitrogen and oxygen atoms in total. The summed E-state index contributed by atoms with van der Waals surface area (Å²) in [4.78, 5) is 14.5. The van der Waals surface area contributed by atoms with Crippen LogP contribution in [0.3, 0.4) is 0 Å². The van der Waals surface area contributed by atoms with Gasteiger partial charge in [-0.3, -0.25) is 9.69 Å². The predicted molar refractivity (Wildman–Crippen MR) is 138 cm³/mol. The van der Waals surface area contributed by atoms with Crippen molar-refractivity contribution >= 4 is 16.0 Å². The van der Waals surface area contributed by atoms with Crippen molar-refractivity contribution in [2.45, 2.75) is 31.7 Å². The molecule has 0 aliphatic carbocycles. The number of ether oxygens (including phenoxy) is 1. The fourth-order valence-electron chi connectivity index (χ4n) is 4.37. The van der Waals surface area contributed by atoms with Crippen LogP contribution in [-0.2, 0) is 32.5 Å². The molecule has 0 saturated carbocycles. The number of hydrogen-bond acceptors (Lipinski definition) is 5. The highest BCUT2D eigenvalue weighted by Crippen LogP contribution is 2.28. The van der Waals surface area contributed by atoms with Crippen LogP contribution in [0.2, 0.25) is 0 Å². The Morgan fingerprint density at radius 1 is 0.857 bits per heavy atom. The van der Waals surface area contributed by atoms with E-state index in [9.17, 15) is 13.2 Å². The van der Waals surface area contributed by atoms with Gasteiger partial charge >= 0.3 is 5.97 Å². The SMILES string of the molecule is COC(=O)Cc1ccc(-c2ccc(C)cc2)c(CN2CCN(S(=O)(=O)c3ccc(C)cc3)CC2)c1. The number of rotatable bonds is 7. The first kappa shape index (κ1) is 25.1. The number of methoxy groups -OCH3 is 1. The average Bonchev–Trinajstić information content (AvgIpc) is 2.85. The van der Waals surface area contributed by atoms with Crippen LogP contribution < -0.4 is 0 Å². The third-order valence-electron chi connectivity index (χ3n) is 6.49. The Hall–Kier alpha value is -3.00. The van der Waals surface area contributed by atoms with E-state index >= 15 is 0 Å². The van der Waals surface area contributed by atoms with Gasteiger partial charge in [0.15, 0.2) is 0 Å². The summed E-state index contributed by atoms with van der Waals surface area (Å²) >= 11 is 0. The quantitative estimate of drug-likeness (QED) is 0.463. The predicted octanol–water partition coefficient (Wildman–Crippen LogP) is 4.19. The van der Waals surface area contributed by atoms with Crippen LogP contribution in [0.25, 0.3) is 11.1 Å². The molecule has 1 aliphatic heterocycles. The molecule has 7 heteroatoms. The Bertz CT molecular complexity index is 1280. The fraction of sp³-hybridized carbons (Fsp3) is 0.321. The second-order valence-electron chi connectivity index (χ2n) is 9.10. The van der Waals surface area contributed by atoms with Crippen LogP contribution in [0.4, 0.5) is 0 Å². The molecule has 0 bridgehead atoms. The van der Waals surface area contributed by atoms with Gasteiger partial charge in [-0.25, -0.2) is 8.42 Å². The number of benzene rings is 3. The maximum absolute atomic E-state index is 13.1. The molecule has 1 saturated heterocycles. The van der Waals surface area contributed by atoms with Crippen LogP contribution in [0, 0.1) is 13.8 Å². The first-order valence-electron chi connectivity index (χ1n) is 11.8. The smallest absolute Gasteiger partial charge is 0.309 e. The van der Waals surface area contributed by atoms with E-state index in [0.717, 1.165) is 27.8 Å². The van der Waals surface area contributed by atoms with Crippen molar-refractivity contribution in [3.8, 4) is 11.1 Å². The van der Waals surface area contributed by atoms with Crippen molar-refractivity contribution in [3.05, 3.63) is 89.0 Å². The largest absolute Gasteiger partial charge is 0.469 e. The molecule has 0 spiro atoms. The van der Waals surface area contributed by atoms with E-state index < -0.39 is 10.0 Å². The Morgan fingerprint density at radius 3 is 2.06 bits per heavy atom. The summed E-state index contributed by atoms with van der Waals surface area (Å²) in [7, 11) is -2.10.